The molecule has 0 rings (SSSR count). The van der Waals surface area contributed by atoms with Crippen molar-refractivity contribution in [1.82, 2.24) is 0 Å². The van der Waals surface area contributed by atoms with Crippen molar-refractivity contribution < 1.29 is 8.78 Å². The van der Waals surface area contributed by atoms with Crippen LogP contribution in [-0.2, 0) is 0 Å². The van der Waals surface area contributed by atoms with E-state index in [1.54, 1.807) is 0 Å². The van der Waals surface area contributed by atoms with Gasteiger partial charge in [0.25, 0.3) is 0 Å². The normalized spacial score (nSPS) is 13.4. The molecule has 0 spiro atoms. The van der Waals surface area contributed by atoms with Gasteiger partial charge in [0.1, 0.15) is 0 Å². The Morgan fingerprint density at radius 3 is 1.38 bits per heavy atom. The van der Waals surface area contributed by atoms with Crippen molar-refractivity contribution in [3.8, 4) is 0 Å². The van der Waals surface area contributed by atoms with Gasteiger partial charge in [-0.1, -0.05) is 0 Å². The first-order valence-corrected chi connectivity index (χ1v) is 16.6. The van der Waals surface area contributed by atoms with Gasteiger partial charge < -0.3 is 0 Å². The summed E-state index contributed by atoms with van der Waals surface area (Å²) < 4.78 is 32.2. The third-order valence-corrected chi connectivity index (χ3v) is 19.1. The molecular weight excluding hydrogens is 373 g/mol. The van der Waals surface area contributed by atoms with Gasteiger partial charge in [0.2, 0.25) is 0 Å². The fourth-order valence-corrected chi connectivity index (χ4v) is 17.8. The second-order valence-electron chi connectivity index (χ2n) is 6.41. The van der Waals surface area contributed by atoms with Crippen molar-refractivity contribution in [2.75, 3.05) is 0 Å². The molecule has 0 aromatic carbocycles. The molecule has 0 saturated carbocycles. The fraction of sp³-hybridized carbons (Fsp3) is 0.889. The number of allylic oxidation sites excluding steroid dienone is 1. The average Bonchev–Trinajstić information content (AvgIpc) is 2.51. The number of rotatable bonds is 13. The first kappa shape index (κ1) is 21.4. The molecule has 0 fully saturated rings. The molecule has 21 heavy (non-hydrogen) atoms. The van der Waals surface area contributed by atoms with Crippen molar-refractivity contribution in [2.24, 2.45) is 0 Å². The summed E-state index contributed by atoms with van der Waals surface area (Å²) >= 11 is -3.11. The number of halogens is 2. The summed E-state index contributed by atoms with van der Waals surface area (Å²) in [6.07, 6.45) is 8.57. The molecule has 3 heteroatoms. The quantitative estimate of drug-likeness (QED) is 0.273. The summed E-state index contributed by atoms with van der Waals surface area (Å²) in [6.45, 7) is 8.51. The van der Waals surface area contributed by atoms with Crippen LogP contribution in [0.25, 0.3) is 0 Å². The molecule has 0 unspecified atom stereocenters. The second-order valence-corrected chi connectivity index (χ2v) is 19.3. The summed E-state index contributed by atoms with van der Waals surface area (Å²) in [5.41, 5.74) is 0. The van der Waals surface area contributed by atoms with Gasteiger partial charge >= 0.3 is 136 Å². The second kappa shape index (κ2) is 12.9. The van der Waals surface area contributed by atoms with Crippen molar-refractivity contribution >= 4 is 18.4 Å². The molecule has 0 N–H and O–H groups in total. The molecular formula is C18H36F2Sn. The summed E-state index contributed by atoms with van der Waals surface area (Å²) in [7, 11) is 0. The van der Waals surface area contributed by atoms with Crippen LogP contribution in [0.15, 0.2) is 9.67 Å². The maximum atomic E-state index is 15.0. The van der Waals surface area contributed by atoms with Crippen molar-refractivity contribution in [1.29, 1.82) is 0 Å². The Bertz CT molecular complexity index is 265. The van der Waals surface area contributed by atoms with Gasteiger partial charge in [-0.2, -0.15) is 0 Å². The summed E-state index contributed by atoms with van der Waals surface area (Å²) in [5.74, 6) is -0.379. The average molecular weight is 409 g/mol. The SMILES string of the molecule is CCCC/C(F)=[C](\F)[Sn]([CH2]CCC)([CH2]CCC)[CH2]CCC. The van der Waals surface area contributed by atoms with Gasteiger partial charge in [0.15, 0.2) is 0 Å². The van der Waals surface area contributed by atoms with Crippen molar-refractivity contribution in [3.05, 3.63) is 9.67 Å². The van der Waals surface area contributed by atoms with Crippen LogP contribution in [0.2, 0.25) is 13.3 Å². The molecule has 0 saturated heterocycles. The maximum absolute atomic E-state index is 15.0. The summed E-state index contributed by atoms with van der Waals surface area (Å²) in [4.78, 5) is 0. The van der Waals surface area contributed by atoms with E-state index in [9.17, 15) is 4.39 Å². The van der Waals surface area contributed by atoms with E-state index in [1.807, 2.05) is 6.92 Å². The Kier molecular flexibility index (Phi) is 13.1. The molecule has 0 aromatic rings. The van der Waals surface area contributed by atoms with E-state index in [4.69, 9.17) is 0 Å². The third-order valence-electron chi connectivity index (χ3n) is 4.48. The van der Waals surface area contributed by atoms with E-state index in [-0.39, 0.29) is 9.67 Å². The molecule has 0 aliphatic carbocycles. The molecule has 0 aromatic heterocycles. The van der Waals surface area contributed by atoms with E-state index < -0.39 is 18.4 Å². The van der Waals surface area contributed by atoms with Gasteiger partial charge in [0.05, 0.1) is 0 Å². The van der Waals surface area contributed by atoms with Crippen LogP contribution < -0.4 is 0 Å². The number of hydrogen-bond donors (Lipinski definition) is 0. The molecule has 0 radical (unpaired) electrons. The zero-order valence-corrected chi connectivity index (χ0v) is 17.6. The minimum atomic E-state index is -3.11. The first-order valence-electron chi connectivity index (χ1n) is 9.12. The Morgan fingerprint density at radius 1 is 0.667 bits per heavy atom. The van der Waals surface area contributed by atoms with E-state index >= 15 is 4.39 Å². The molecule has 0 nitrogen and oxygen atoms in total. The van der Waals surface area contributed by atoms with Gasteiger partial charge in [-0.25, -0.2) is 0 Å². The molecule has 0 amide bonds. The minimum absolute atomic E-state index is 0.201. The van der Waals surface area contributed by atoms with Crippen LogP contribution in [0.3, 0.4) is 0 Å². The predicted octanol–water partition coefficient (Wildman–Crippen LogP) is 7.72. The predicted molar refractivity (Wildman–Crippen MR) is 93.7 cm³/mol. The standard InChI is InChI=1S/C6H9F2.3C4H9.Sn/c1-2-3-4-6(8)5-7;3*1-3-4-2;/h2-4H2,1H3;3*1,3-4H2,2H3;. The van der Waals surface area contributed by atoms with Crippen LogP contribution in [-0.4, -0.2) is 18.4 Å². The van der Waals surface area contributed by atoms with Crippen LogP contribution in [0.5, 0.6) is 0 Å². The third kappa shape index (κ3) is 7.99. The molecule has 126 valence electrons. The molecule has 0 heterocycles. The topological polar surface area (TPSA) is 0 Å². The van der Waals surface area contributed by atoms with E-state index in [0.29, 0.717) is 6.42 Å². The monoisotopic (exact) mass is 410 g/mol. The number of hydrogen-bond acceptors (Lipinski definition) is 0. The van der Waals surface area contributed by atoms with E-state index in [1.165, 1.54) is 0 Å². The van der Waals surface area contributed by atoms with Gasteiger partial charge in [-0.15, -0.1) is 0 Å². The molecule has 0 aliphatic rings. The molecule has 0 bridgehead atoms. The zero-order valence-electron chi connectivity index (χ0n) is 14.7. The first-order chi connectivity index (χ1) is 10.1. The Hall–Kier alpha value is 0.399. The Morgan fingerprint density at radius 2 is 1.05 bits per heavy atom. The van der Waals surface area contributed by atoms with E-state index in [0.717, 1.165) is 64.7 Å². The van der Waals surface area contributed by atoms with E-state index in [2.05, 4.69) is 20.8 Å². The summed E-state index contributed by atoms with van der Waals surface area (Å²) in [6, 6.07) is 0. The van der Waals surface area contributed by atoms with Gasteiger partial charge in [0, 0.05) is 0 Å². The van der Waals surface area contributed by atoms with Crippen LogP contribution in [0.4, 0.5) is 8.78 Å². The summed E-state index contributed by atoms with van der Waals surface area (Å²) in [5, 5.41) is 0. The van der Waals surface area contributed by atoms with Gasteiger partial charge in [-0.3, -0.25) is 0 Å². The molecule has 0 atom stereocenters. The van der Waals surface area contributed by atoms with Gasteiger partial charge in [-0.05, 0) is 0 Å². The van der Waals surface area contributed by atoms with Crippen LogP contribution >= 0.6 is 0 Å². The zero-order chi connectivity index (χ0) is 16.1. The fourth-order valence-electron chi connectivity index (χ4n) is 2.98. The molecule has 0 aliphatic heterocycles. The van der Waals surface area contributed by atoms with Crippen molar-refractivity contribution in [3.63, 3.8) is 0 Å². The van der Waals surface area contributed by atoms with Crippen molar-refractivity contribution in [2.45, 2.75) is 98.8 Å². The Labute approximate surface area is 135 Å². The number of unbranched alkanes of at least 4 members (excludes halogenated alkanes) is 4. The van der Waals surface area contributed by atoms with Crippen LogP contribution in [0, 0.1) is 0 Å². The Balaban J connectivity index is 5.25. The van der Waals surface area contributed by atoms with Crippen LogP contribution in [0.1, 0.15) is 85.5 Å².